The second kappa shape index (κ2) is 8.50. The normalized spacial score (nSPS) is 19.9. The summed E-state index contributed by atoms with van der Waals surface area (Å²) >= 11 is 0. The standard InChI is InChI=1S/C22H26N4O2/c27-21-3-1-2-12-25(21)14-8-22(28)26-13-7-19(16-26)18-6-11-24-20(15-18)17-4-9-23-10-5-17/h4-6,9-11,15,19H,1-3,7-8,12-14,16H2/t19-/m0/s1. The molecular formula is C22H26N4O2. The van der Waals surface area contributed by atoms with Crippen molar-refractivity contribution in [2.45, 2.75) is 38.0 Å². The van der Waals surface area contributed by atoms with E-state index < -0.39 is 0 Å². The van der Waals surface area contributed by atoms with E-state index in [2.05, 4.69) is 22.1 Å². The van der Waals surface area contributed by atoms with E-state index in [0.29, 0.717) is 25.3 Å². The van der Waals surface area contributed by atoms with Crippen LogP contribution in [0.5, 0.6) is 0 Å². The Labute approximate surface area is 165 Å². The molecule has 28 heavy (non-hydrogen) atoms. The van der Waals surface area contributed by atoms with Gasteiger partial charge in [0.05, 0.1) is 5.69 Å². The molecule has 0 saturated carbocycles. The molecule has 0 N–H and O–H groups in total. The van der Waals surface area contributed by atoms with Gasteiger partial charge in [-0.15, -0.1) is 0 Å². The van der Waals surface area contributed by atoms with Crippen LogP contribution in [0.15, 0.2) is 42.9 Å². The Bertz CT molecular complexity index is 839. The number of pyridine rings is 2. The predicted molar refractivity (Wildman–Crippen MR) is 106 cm³/mol. The smallest absolute Gasteiger partial charge is 0.224 e. The van der Waals surface area contributed by atoms with E-state index in [4.69, 9.17) is 0 Å². The summed E-state index contributed by atoms with van der Waals surface area (Å²) in [6, 6.07) is 8.09. The number of nitrogens with zero attached hydrogens (tertiary/aromatic N) is 4. The van der Waals surface area contributed by atoms with Crippen molar-refractivity contribution in [2.75, 3.05) is 26.2 Å². The second-order valence-corrected chi connectivity index (χ2v) is 7.62. The Morgan fingerprint density at radius 1 is 1.11 bits per heavy atom. The van der Waals surface area contributed by atoms with Gasteiger partial charge in [0.15, 0.2) is 0 Å². The average molecular weight is 378 g/mol. The first-order valence-corrected chi connectivity index (χ1v) is 10.1. The Kier molecular flexibility index (Phi) is 5.65. The maximum atomic E-state index is 12.6. The van der Waals surface area contributed by atoms with Crippen LogP contribution in [0.4, 0.5) is 0 Å². The van der Waals surface area contributed by atoms with E-state index in [1.807, 2.05) is 28.1 Å². The van der Waals surface area contributed by atoms with Gasteiger partial charge in [-0.1, -0.05) is 0 Å². The molecule has 2 aliphatic heterocycles. The van der Waals surface area contributed by atoms with Crippen LogP contribution in [0.1, 0.15) is 43.6 Å². The molecule has 4 rings (SSSR count). The molecule has 2 aromatic heterocycles. The topological polar surface area (TPSA) is 66.4 Å². The first-order chi connectivity index (χ1) is 13.7. The zero-order valence-corrected chi connectivity index (χ0v) is 16.1. The third-order valence-electron chi connectivity index (χ3n) is 5.79. The molecule has 2 amide bonds. The number of rotatable bonds is 5. The van der Waals surface area contributed by atoms with Crippen LogP contribution in [-0.2, 0) is 9.59 Å². The molecule has 0 bridgehead atoms. The average Bonchev–Trinajstić information content (AvgIpc) is 3.24. The fourth-order valence-electron chi connectivity index (χ4n) is 4.13. The summed E-state index contributed by atoms with van der Waals surface area (Å²) in [5.74, 6) is 0.687. The van der Waals surface area contributed by atoms with Crippen molar-refractivity contribution in [3.63, 3.8) is 0 Å². The summed E-state index contributed by atoms with van der Waals surface area (Å²) in [4.78, 5) is 36.9. The maximum Gasteiger partial charge on any atom is 0.224 e. The van der Waals surface area contributed by atoms with Crippen LogP contribution in [0, 0.1) is 0 Å². The molecule has 2 aromatic rings. The second-order valence-electron chi connectivity index (χ2n) is 7.62. The van der Waals surface area contributed by atoms with E-state index in [1.165, 1.54) is 5.56 Å². The SMILES string of the molecule is O=C1CCCCN1CCC(=O)N1CC[C@H](c2ccnc(-c3ccncc3)c2)C1. The van der Waals surface area contributed by atoms with Gasteiger partial charge in [0.2, 0.25) is 11.8 Å². The van der Waals surface area contributed by atoms with Gasteiger partial charge in [-0.05, 0) is 49.1 Å². The van der Waals surface area contributed by atoms with Gasteiger partial charge in [0.25, 0.3) is 0 Å². The molecule has 0 radical (unpaired) electrons. The predicted octanol–water partition coefficient (Wildman–Crippen LogP) is 2.86. The molecular weight excluding hydrogens is 352 g/mol. The number of hydrogen-bond donors (Lipinski definition) is 0. The number of aromatic nitrogens is 2. The van der Waals surface area contributed by atoms with E-state index in [1.54, 1.807) is 12.4 Å². The molecule has 146 valence electrons. The first-order valence-electron chi connectivity index (χ1n) is 10.1. The molecule has 2 aliphatic rings. The first kappa shape index (κ1) is 18.6. The van der Waals surface area contributed by atoms with Gasteiger partial charge in [-0.3, -0.25) is 19.6 Å². The summed E-state index contributed by atoms with van der Waals surface area (Å²) in [5.41, 5.74) is 3.21. The number of likely N-dealkylation sites (tertiary alicyclic amines) is 2. The maximum absolute atomic E-state index is 12.6. The molecule has 4 heterocycles. The van der Waals surface area contributed by atoms with E-state index in [-0.39, 0.29) is 11.8 Å². The highest BCUT2D eigenvalue weighted by Gasteiger charge is 2.28. The van der Waals surface area contributed by atoms with Crippen molar-refractivity contribution in [1.82, 2.24) is 19.8 Å². The molecule has 6 nitrogen and oxygen atoms in total. The summed E-state index contributed by atoms with van der Waals surface area (Å²) in [6.45, 7) is 2.88. The van der Waals surface area contributed by atoms with Crippen molar-refractivity contribution < 1.29 is 9.59 Å². The van der Waals surface area contributed by atoms with E-state index >= 15 is 0 Å². The number of carbonyl (C=O) groups excluding carboxylic acids is 2. The number of carbonyl (C=O) groups is 2. The summed E-state index contributed by atoms with van der Waals surface area (Å²) in [6.07, 6.45) is 9.43. The quantitative estimate of drug-likeness (QED) is 0.802. The van der Waals surface area contributed by atoms with Gasteiger partial charge in [0.1, 0.15) is 0 Å². The minimum atomic E-state index is 0.157. The molecule has 0 aromatic carbocycles. The van der Waals surface area contributed by atoms with Crippen molar-refractivity contribution >= 4 is 11.8 Å². The van der Waals surface area contributed by atoms with Gasteiger partial charge < -0.3 is 9.80 Å². The number of piperidine rings is 1. The van der Waals surface area contributed by atoms with Crippen LogP contribution < -0.4 is 0 Å². The Balaban J connectivity index is 1.35. The zero-order valence-electron chi connectivity index (χ0n) is 16.1. The number of amides is 2. The van der Waals surface area contributed by atoms with Crippen LogP contribution in [0.25, 0.3) is 11.3 Å². The monoisotopic (exact) mass is 378 g/mol. The lowest BCUT2D eigenvalue weighted by Gasteiger charge is -2.27. The highest BCUT2D eigenvalue weighted by molar-refractivity contribution is 5.79. The molecule has 1 atom stereocenters. The van der Waals surface area contributed by atoms with Crippen molar-refractivity contribution in [1.29, 1.82) is 0 Å². The summed E-state index contributed by atoms with van der Waals surface area (Å²) < 4.78 is 0. The minimum absolute atomic E-state index is 0.157. The highest BCUT2D eigenvalue weighted by atomic mass is 16.2. The van der Waals surface area contributed by atoms with Crippen LogP contribution in [0.2, 0.25) is 0 Å². The van der Waals surface area contributed by atoms with E-state index in [9.17, 15) is 9.59 Å². The molecule has 2 saturated heterocycles. The van der Waals surface area contributed by atoms with Crippen molar-refractivity contribution in [3.05, 3.63) is 48.4 Å². The molecule has 0 unspecified atom stereocenters. The zero-order chi connectivity index (χ0) is 19.3. The van der Waals surface area contributed by atoms with Crippen LogP contribution in [0.3, 0.4) is 0 Å². The fraction of sp³-hybridized carbons (Fsp3) is 0.455. The van der Waals surface area contributed by atoms with E-state index in [0.717, 1.165) is 50.2 Å². The third kappa shape index (κ3) is 4.21. The van der Waals surface area contributed by atoms with Gasteiger partial charge in [0, 0.05) is 69.1 Å². The van der Waals surface area contributed by atoms with Crippen LogP contribution >= 0.6 is 0 Å². The molecule has 0 spiro atoms. The van der Waals surface area contributed by atoms with Gasteiger partial charge >= 0.3 is 0 Å². The largest absolute Gasteiger partial charge is 0.342 e. The Hall–Kier alpha value is -2.76. The molecule has 2 fully saturated rings. The fourth-order valence-corrected chi connectivity index (χ4v) is 4.13. The summed E-state index contributed by atoms with van der Waals surface area (Å²) in [5, 5.41) is 0. The highest BCUT2D eigenvalue weighted by Crippen LogP contribution is 2.29. The van der Waals surface area contributed by atoms with Gasteiger partial charge in [-0.2, -0.15) is 0 Å². The minimum Gasteiger partial charge on any atom is -0.342 e. The lowest BCUT2D eigenvalue weighted by Crippen LogP contribution is -2.38. The summed E-state index contributed by atoms with van der Waals surface area (Å²) in [7, 11) is 0. The Morgan fingerprint density at radius 3 is 2.79 bits per heavy atom. The lowest BCUT2D eigenvalue weighted by molar-refractivity contribution is -0.135. The van der Waals surface area contributed by atoms with Crippen molar-refractivity contribution in [2.24, 2.45) is 0 Å². The Morgan fingerprint density at radius 2 is 1.96 bits per heavy atom. The van der Waals surface area contributed by atoms with Crippen molar-refractivity contribution in [3.8, 4) is 11.3 Å². The lowest BCUT2D eigenvalue weighted by atomic mass is 9.97. The van der Waals surface area contributed by atoms with Crippen LogP contribution in [-0.4, -0.2) is 57.8 Å². The van der Waals surface area contributed by atoms with Gasteiger partial charge in [-0.25, -0.2) is 0 Å². The molecule has 6 heteroatoms. The number of hydrogen-bond acceptors (Lipinski definition) is 4. The third-order valence-corrected chi connectivity index (χ3v) is 5.79. The molecule has 0 aliphatic carbocycles.